The van der Waals surface area contributed by atoms with Crippen molar-refractivity contribution in [3.05, 3.63) is 26.7 Å². The van der Waals surface area contributed by atoms with E-state index in [1.54, 1.807) is 7.11 Å². The molecule has 0 heterocycles. The van der Waals surface area contributed by atoms with Gasteiger partial charge in [-0.2, -0.15) is 0 Å². The summed E-state index contributed by atoms with van der Waals surface area (Å²) < 4.78 is 6.41. The molecule has 94 valence electrons. The molecule has 0 saturated carbocycles. The van der Waals surface area contributed by atoms with Gasteiger partial charge in [-0.3, -0.25) is 0 Å². The van der Waals surface area contributed by atoms with E-state index in [-0.39, 0.29) is 5.92 Å². The van der Waals surface area contributed by atoms with Crippen LogP contribution in [0.3, 0.4) is 0 Å². The Balaban J connectivity index is 3.47. The summed E-state index contributed by atoms with van der Waals surface area (Å²) in [5.74, 6) is 1.13. The Kier molecular flexibility index (Phi) is 4.75. The number of ether oxygens (including phenoxy) is 1. The summed E-state index contributed by atoms with van der Waals surface area (Å²) in [6.45, 7) is 8.29. The molecule has 1 rings (SSSR count). The van der Waals surface area contributed by atoms with Crippen molar-refractivity contribution in [2.45, 2.75) is 40.0 Å². The predicted octanol–water partition coefficient (Wildman–Crippen LogP) is 4.08. The summed E-state index contributed by atoms with van der Waals surface area (Å²) >= 11 is 3.58. The van der Waals surface area contributed by atoms with Gasteiger partial charge in [-0.25, -0.2) is 0 Å². The molecule has 0 aromatic heterocycles. The monoisotopic (exact) mass is 298 g/mol. The third-order valence-electron chi connectivity index (χ3n) is 3.39. The van der Waals surface area contributed by atoms with Crippen LogP contribution < -0.4 is 4.74 Å². The van der Waals surface area contributed by atoms with Gasteiger partial charge in [0.15, 0.2) is 0 Å². The van der Waals surface area contributed by atoms with E-state index in [0.29, 0.717) is 6.42 Å². The van der Waals surface area contributed by atoms with Crippen LogP contribution in [0.4, 0.5) is 0 Å². The zero-order chi connectivity index (χ0) is 13.2. The molecule has 3 heteroatoms. The second-order valence-corrected chi connectivity index (χ2v) is 5.23. The lowest BCUT2D eigenvalue weighted by Crippen LogP contribution is -2.05. The van der Waals surface area contributed by atoms with Gasteiger partial charge in [-0.05, 0) is 64.9 Å². The van der Waals surface area contributed by atoms with Crippen molar-refractivity contribution >= 4 is 22.2 Å². The first-order valence-electron chi connectivity index (χ1n) is 5.72. The van der Waals surface area contributed by atoms with Crippen LogP contribution in [0.5, 0.6) is 5.75 Å². The van der Waals surface area contributed by atoms with Crippen LogP contribution >= 0.6 is 15.9 Å². The molecule has 2 nitrogen and oxygen atoms in total. The molecule has 0 amide bonds. The maximum absolute atomic E-state index is 10.7. The van der Waals surface area contributed by atoms with E-state index >= 15 is 0 Å². The summed E-state index contributed by atoms with van der Waals surface area (Å²) in [6.07, 6.45) is 1.54. The van der Waals surface area contributed by atoms with Crippen LogP contribution in [-0.2, 0) is 4.79 Å². The van der Waals surface area contributed by atoms with E-state index in [0.717, 1.165) is 22.1 Å². The minimum absolute atomic E-state index is 0.244. The molecular formula is C14H19BrO2. The van der Waals surface area contributed by atoms with E-state index in [4.69, 9.17) is 4.74 Å². The highest BCUT2D eigenvalue weighted by molar-refractivity contribution is 9.10. The van der Waals surface area contributed by atoms with Crippen LogP contribution in [0.1, 0.15) is 41.5 Å². The standard InChI is InChI=1S/C14H19BrO2/c1-8(6-7-16)12-9(2)10(3)14(17-5)13(15)11(12)4/h7-8H,6H2,1-5H3. The van der Waals surface area contributed by atoms with Gasteiger partial charge in [0.05, 0.1) is 11.6 Å². The molecule has 0 spiro atoms. The highest BCUT2D eigenvalue weighted by Gasteiger charge is 2.19. The van der Waals surface area contributed by atoms with Gasteiger partial charge in [-0.15, -0.1) is 0 Å². The zero-order valence-corrected chi connectivity index (χ0v) is 12.6. The van der Waals surface area contributed by atoms with Crippen LogP contribution in [0, 0.1) is 20.8 Å². The first-order valence-corrected chi connectivity index (χ1v) is 6.51. The Labute approximate surface area is 111 Å². The molecule has 0 N–H and O–H groups in total. The van der Waals surface area contributed by atoms with E-state index in [1.165, 1.54) is 16.7 Å². The lowest BCUT2D eigenvalue weighted by molar-refractivity contribution is -0.108. The van der Waals surface area contributed by atoms with Gasteiger partial charge in [0, 0.05) is 6.42 Å². The topological polar surface area (TPSA) is 26.3 Å². The van der Waals surface area contributed by atoms with Gasteiger partial charge in [-0.1, -0.05) is 6.92 Å². The van der Waals surface area contributed by atoms with Crippen LogP contribution in [-0.4, -0.2) is 13.4 Å². The van der Waals surface area contributed by atoms with E-state index < -0.39 is 0 Å². The first kappa shape index (κ1) is 14.2. The van der Waals surface area contributed by atoms with Crippen molar-refractivity contribution < 1.29 is 9.53 Å². The third kappa shape index (κ3) is 2.54. The maximum atomic E-state index is 10.7. The maximum Gasteiger partial charge on any atom is 0.136 e. The third-order valence-corrected chi connectivity index (χ3v) is 4.34. The first-order chi connectivity index (χ1) is 7.95. The van der Waals surface area contributed by atoms with Gasteiger partial charge >= 0.3 is 0 Å². The number of benzene rings is 1. The van der Waals surface area contributed by atoms with E-state index in [1.807, 2.05) is 0 Å². The fraction of sp³-hybridized carbons (Fsp3) is 0.500. The Morgan fingerprint density at radius 3 is 2.29 bits per heavy atom. The number of aldehydes is 1. The molecule has 1 aromatic rings. The minimum atomic E-state index is 0.244. The van der Waals surface area contributed by atoms with Crippen molar-refractivity contribution in [1.82, 2.24) is 0 Å². The van der Waals surface area contributed by atoms with Gasteiger partial charge < -0.3 is 9.53 Å². The van der Waals surface area contributed by atoms with Gasteiger partial charge in [0.25, 0.3) is 0 Å². The van der Waals surface area contributed by atoms with Crippen molar-refractivity contribution in [3.63, 3.8) is 0 Å². The Bertz CT molecular complexity index is 409. The number of carbonyl (C=O) groups excluding carboxylic acids is 1. The fourth-order valence-corrected chi connectivity index (χ4v) is 3.02. The molecular weight excluding hydrogens is 280 g/mol. The fourth-order valence-electron chi connectivity index (χ4n) is 2.35. The summed E-state index contributed by atoms with van der Waals surface area (Å²) in [4.78, 5) is 10.7. The number of hydrogen-bond donors (Lipinski definition) is 0. The molecule has 0 fully saturated rings. The Hall–Kier alpha value is -0.830. The Morgan fingerprint density at radius 2 is 1.82 bits per heavy atom. The molecule has 0 aliphatic carbocycles. The Morgan fingerprint density at radius 1 is 1.24 bits per heavy atom. The van der Waals surface area contributed by atoms with E-state index in [2.05, 4.69) is 43.6 Å². The summed E-state index contributed by atoms with van der Waals surface area (Å²) in [6, 6.07) is 0. The second kappa shape index (κ2) is 5.67. The van der Waals surface area contributed by atoms with E-state index in [9.17, 15) is 4.79 Å². The molecule has 0 saturated heterocycles. The number of methoxy groups -OCH3 is 1. The van der Waals surface area contributed by atoms with Crippen molar-refractivity contribution in [3.8, 4) is 5.75 Å². The summed E-state index contributed by atoms with van der Waals surface area (Å²) in [7, 11) is 1.68. The molecule has 0 bridgehead atoms. The van der Waals surface area contributed by atoms with Crippen LogP contribution in [0.2, 0.25) is 0 Å². The van der Waals surface area contributed by atoms with Crippen molar-refractivity contribution in [1.29, 1.82) is 0 Å². The average molecular weight is 299 g/mol. The molecule has 1 aromatic carbocycles. The molecule has 17 heavy (non-hydrogen) atoms. The smallest absolute Gasteiger partial charge is 0.136 e. The lowest BCUT2D eigenvalue weighted by atomic mass is 9.87. The molecule has 1 unspecified atom stereocenters. The average Bonchev–Trinajstić information content (AvgIpc) is 2.28. The van der Waals surface area contributed by atoms with Gasteiger partial charge in [0.1, 0.15) is 12.0 Å². The number of halogens is 1. The highest BCUT2D eigenvalue weighted by atomic mass is 79.9. The largest absolute Gasteiger partial charge is 0.495 e. The number of carbonyl (C=O) groups is 1. The highest BCUT2D eigenvalue weighted by Crippen LogP contribution is 2.40. The number of rotatable bonds is 4. The lowest BCUT2D eigenvalue weighted by Gasteiger charge is -2.21. The van der Waals surface area contributed by atoms with Crippen molar-refractivity contribution in [2.75, 3.05) is 7.11 Å². The molecule has 0 radical (unpaired) electrons. The van der Waals surface area contributed by atoms with Crippen LogP contribution in [0.25, 0.3) is 0 Å². The molecule has 1 atom stereocenters. The quantitative estimate of drug-likeness (QED) is 0.783. The number of hydrogen-bond acceptors (Lipinski definition) is 2. The van der Waals surface area contributed by atoms with Gasteiger partial charge in [0.2, 0.25) is 0 Å². The predicted molar refractivity (Wildman–Crippen MR) is 74.0 cm³/mol. The zero-order valence-electron chi connectivity index (χ0n) is 11.1. The van der Waals surface area contributed by atoms with Crippen molar-refractivity contribution in [2.24, 2.45) is 0 Å². The second-order valence-electron chi connectivity index (χ2n) is 4.44. The summed E-state index contributed by atoms with van der Waals surface area (Å²) in [5, 5.41) is 0. The molecule has 0 aliphatic heterocycles. The summed E-state index contributed by atoms with van der Waals surface area (Å²) in [5.41, 5.74) is 4.77. The SMILES string of the molecule is COc1c(C)c(C)c(C(C)CC=O)c(C)c1Br. The normalized spacial score (nSPS) is 12.4. The molecule has 0 aliphatic rings. The van der Waals surface area contributed by atoms with Crippen LogP contribution in [0.15, 0.2) is 4.47 Å². The minimum Gasteiger partial charge on any atom is -0.495 e.